The summed E-state index contributed by atoms with van der Waals surface area (Å²) in [6.07, 6.45) is 11.7. The molecule has 2 unspecified atom stereocenters. The molecule has 2 heteroatoms. The molecular weight excluding hydrogens is 226 g/mol. The monoisotopic (exact) mass is 247 g/mol. The van der Waals surface area contributed by atoms with Crippen LogP contribution in [0.15, 0.2) is 11.0 Å². The standard InChI is InChI=1S/C15H21NS/c16-9-13-5-6-15(17-10-12-3-4-12)8-14(13)7-11-1-2-11/h8,11-14H,1-7,10H2. The molecule has 0 amide bonds. The molecule has 2 fully saturated rings. The van der Waals surface area contributed by atoms with Crippen LogP contribution in [0.25, 0.3) is 0 Å². The topological polar surface area (TPSA) is 23.8 Å². The average molecular weight is 247 g/mol. The molecule has 0 aromatic rings. The first-order valence-electron chi connectivity index (χ1n) is 7.08. The molecular formula is C15H21NS. The lowest BCUT2D eigenvalue weighted by molar-refractivity contribution is 0.394. The third-order valence-electron chi connectivity index (χ3n) is 4.29. The van der Waals surface area contributed by atoms with Crippen LogP contribution in [0.4, 0.5) is 0 Å². The highest BCUT2D eigenvalue weighted by Crippen LogP contribution is 2.44. The van der Waals surface area contributed by atoms with Crippen molar-refractivity contribution in [2.75, 3.05) is 5.75 Å². The van der Waals surface area contributed by atoms with Crippen molar-refractivity contribution >= 4 is 11.8 Å². The molecule has 0 aromatic heterocycles. The fourth-order valence-electron chi connectivity index (χ4n) is 2.71. The van der Waals surface area contributed by atoms with E-state index in [4.69, 9.17) is 0 Å². The van der Waals surface area contributed by atoms with Gasteiger partial charge in [-0.25, -0.2) is 0 Å². The number of allylic oxidation sites excluding steroid dienone is 2. The lowest BCUT2D eigenvalue weighted by Gasteiger charge is -2.25. The van der Waals surface area contributed by atoms with Crippen molar-refractivity contribution < 1.29 is 0 Å². The quantitative estimate of drug-likeness (QED) is 0.720. The average Bonchev–Trinajstić information content (AvgIpc) is 3.21. The van der Waals surface area contributed by atoms with Crippen LogP contribution in [-0.2, 0) is 0 Å². The molecule has 0 bridgehead atoms. The molecule has 0 aromatic carbocycles. The molecule has 0 heterocycles. The number of nitriles is 1. The molecule has 3 aliphatic rings. The molecule has 3 aliphatic carbocycles. The van der Waals surface area contributed by atoms with E-state index in [2.05, 4.69) is 23.9 Å². The van der Waals surface area contributed by atoms with E-state index < -0.39 is 0 Å². The molecule has 92 valence electrons. The lowest BCUT2D eigenvalue weighted by Crippen LogP contribution is -2.16. The zero-order chi connectivity index (χ0) is 11.7. The Labute approximate surface area is 109 Å². The fourth-order valence-corrected chi connectivity index (χ4v) is 4.03. The van der Waals surface area contributed by atoms with Crippen LogP contribution in [0.5, 0.6) is 0 Å². The molecule has 2 atom stereocenters. The highest BCUT2D eigenvalue weighted by atomic mass is 32.2. The lowest BCUT2D eigenvalue weighted by atomic mass is 9.81. The summed E-state index contributed by atoms with van der Waals surface area (Å²) in [6, 6.07) is 2.53. The SMILES string of the molecule is N#CC1CCC(SCC2CC2)=CC1CC1CC1. The van der Waals surface area contributed by atoms with Crippen molar-refractivity contribution in [2.45, 2.75) is 44.9 Å². The van der Waals surface area contributed by atoms with E-state index in [1.54, 1.807) is 4.91 Å². The molecule has 0 spiro atoms. The predicted octanol–water partition coefficient (Wildman–Crippen LogP) is 4.36. The minimum atomic E-state index is 0.306. The Balaban J connectivity index is 1.58. The number of hydrogen-bond donors (Lipinski definition) is 0. The first-order valence-corrected chi connectivity index (χ1v) is 8.07. The Bertz CT molecular complexity index is 346. The van der Waals surface area contributed by atoms with Crippen molar-refractivity contribution in [3.05, 3.63) is 11.0 Å². The smallest absolute Gasteiger partial charge is 0.0662 e. The summed E-state index contributed by atoms with van der Waals surface area (Å²) < 4.78 is 0. The van der Waals surface area contributed by atoms with Gasteiger partial charge in [-0.2, -0.15) is 5.26 Å². The molecule has 0 radical (unpaired) electrons. The molecule has 1 nitrogen and oxygen atoms in total. The van der Waals surface area contributed by atoms with Gasteiger partial charge in [-0.3, -0.25) is 0 Å². The molecule has 0 aliphatic heterocycles. The van der Waals surface area contributed by atoms with E-state index in [0.717, 1.165) is 24.7 Å². The second-order valence-electron chi connectivity index (χ2n) is 6.00. The van der Waals surface area contributed by atoms with Crippen LogP contribution in [0.1, 0.15) is 44.9 Å². The maximum Gasteiger partial charge on any atom is 0.0662 e. The normalized spacial score (nSPS) is 33.0. The van der Waals surface area contributed by atoms with E-state index >= 15 is 0 Å². The van der Waals surface area contributed by atoms with Gasteiger partial charge in [0.15, 0.2) is 0 Å². The summed E-state index contributed by atoms with van der Waals surface area (Å²) in [5, 5.41) is 9.22. The van der Waals surface area contributed by atoms with Crippen molar-refractivity contribution in [3.63, 3.8) is 0 Å². The maximum absolute atomic E-state index is 9.22. The van der Waals surface area contributed by atoms with Gasteiger partial charge in [0.25, 0.3) is 0 Å². The van der Waals surface area contributed by atoms with Crippen LogP contribution < -0.4 is 0 Å². The second-order valence-corrected chi connectivity index (χ2v) is 7.15. The first-order chi connectivity index (χ1) is 8.35. The van der Waals surface area contributed by atoms with E-state index in [0.29, 0.717) is 11.8 Å². The summed E-state index contributed by atoms with van der Waals surface area (Å²) >= 11 is 2.08. The summed E-state index contributed by atoms with van der Waals surface area (Å²) in [4.78, 5) is 1.59. The Morgan fingerprint density at radius 3 is 2.59 bits per heavy atom. The summed E-state index contributed by atoms with van der Waals surface area (Å²) in [7, 11) is 0. The van der Waals surface area contributed by atoms with Gasteiger partial charge in [-0.05, 0) is 54.8 Å². The van der Waals surface area contributed by atoms with E-state index in [-0.39, 0.29) is 0 Å². The molecule has 0 saturated heterocycles. The Hall–Kier alpha value is -0.420. The van der Waals surface area contributed by atoms with Gasteiger partial charge < -0.3 is 0 Å². The Morgan fingerprint density at radius 2 is 1.94 bits per heavy atom. The number of hydrogen-bond acceptors (Lipinski definition) is 2. The number of rotatable bonds is 5. The minimum absolute atomic E-state index is 0.306. The Morgan fingerprint density at radius 1 is 1.18 bits per heavy atom. The van der Waals surface area contributed by atoms with Gasteiger partial charge in [0, 0.05) is 5.75 Å². The number of nitrogens with zero attached hydrogens (tertiary/aromatic N) is 1. The predicted molar refractivity (Wildman–Crippen MR) is 72.4 cm³/mol. The third-order valence-corrected chi connectivity index (χ3v) is 5.64. The highest BCUT2D eigenvalue weighted by Gasteiger charge is 2.31. The molecule has 2 saturated carbocycles. The zero-order valence-corrected chi connectivity index (χ0v) is 11.2. The second kappa shape index (κ2) is 5.06. The van der Waals surface area contributed by atoms with Crippen LogP contribution in [0.2, 0.25) is 0 Å². The molecule has 3 rings (SSSR count). The van der Waals surface area contributed by atoms with Crippen LogP contribution in [0, 0.1) is 35.0 Å². The third kappa shape index (κ3) is 3.28. The van der Waals surface area contributed by atoms with Crippen molar-refractivity contribution in [1.29, 1.82) is 5.26 Å². The van der Waals surface area contributed by atoms with E-state index in [9.17, 15) is 5.26 Å². The summed E-state index contributed by atoms with van der Waals surface area (Å²) in [5.74, 6) is 4.17. The van der Waals surface area contributed by atoms with Gasteiger partial charge in [-0.1, -0.05) is 18.9 Å². The van der Waals surface area contributed by atoms with Crippen LogP contribution in [-0.4, -0.2) is 5.75 Å². The fraction of sp³-hybridized carbons (Fsp3) is 0.800. The van der Waals surface area contributed by atoms with Gasteiger partial charge in [0.05, 0.1) is 12.0 Å². The van der Waals surface area contributed by atoms with Crippen LogP contribution in [0.3, 0.4) is 0 Å². The zero-order valence-electron chi connectivity index (χ0n) is 10.4. The van der Waals surface area contributed by atoms with Gasteiger partial charge in [-0.15, -0.1) is 11.8 Å². The number of thioether (sulfide) groups is 1. The van der Waals surface area contributed by atoms with E-state index in [1.165, 1.54) is 37.9 Å². The largest absolute Gasteiger partial charge is 0.198 e. The maximum atomic E-state index is 9.22. The highest BCUT2D eigenvalue weighted by molar-refractivity contribution is 8.03. The molecule has 0 N–H and O–H groups in total. The summed E-state index contributed by atoms with van der Waals surface area (Å²) in [6.45, 7) is 0. The van der Waals surface area contributed by atoms with Crippen molar-refractivity contribution in [2.24, 2.45) is 23.7 Å². The minimum Gasteiger partial charge on any atom is -0.198 e. The van der Waals surface area contributed by atoms with Crippen molar-refractivity contribution in [1.82, 2.24) is 0 Å². The van der Waals surface area contributed by atoms with Gasteiger partial charge in [0.2, 0.25) is 0 Å². The van der Waals surface area contributed by atoms with E-state index in [1.807, 2.05) is 0 Å². The van der Waals surface area contributed by atoms with Crippen molar-refractivity contribution in [3.8, 4) is 6.07 Å². The van der Waals surface area contributed by atoms with Crippen LogP contribution >= 0.6 is 11.8 Å². The van der Waals surface area contributed by atoms with Gasteiger partial charge in [0.1, 0.15) is 0 Å². The first kappa shape index (κ1) is 11.7. The molecule has 17 heavy (non-hydrogen) atoms. The van der Waals surface area contributed by atoms with Gasteiger partial charge >= 0.3 is 0 Å². The summed E-state index contributed by atoms with van der Waals surface area (Å²) in [5.41, 5.74) is 0. The Kier molecular flexibility index (Phi) is 3.47.